The molecule has 0 aliphatic heterocycles. The Hall–Kier alpha value is -3.55. The number of methoxy groups -OCH3 is 2. The van der Waals surface area contributed by atoms with E-state index in [0.717, 1.165) is 37.0 Å². The zero-order chi connectivity index (χ0) is 24.7. The minimum Gasteiger partial charge on any atom is -0.493 e. The number of hydrogen-bond acceptors (Lipinski definition) is 5. The van der Waals surface area contributed by atoms with Crippen LogP contribution in [-0.4, -0.2) is 53.6 Å². The number of benzene rings is 2. The molecule has 0 bridgehead atoms. The van der Waals surface area contributed by atoms with E-state index >= 15 is 0 Å². The van der Waals surface area contributed by atoms with Gasteiger partial charge in [-0.2, -0.15) is 0 Å². The first-order valence-corrected chi connectivity index (χ1v) is 11.7. The Bertz CT molecular complexity index is 1140. The van der Waals surface area contributed by atoms with Crippen molar-refractivity contribution in [3.8, 4) is 11.5 Å². The smallest absolute Gasteiger partial charge is 0.251 e. The predicted octanol–water partition coefficient (Wildman–Crippen LogP) is 4.19. The first kappa shape index (κ1) is 25.1. The second kappa shape index (κ2) is 11.5. The maximum atomic E-state index is 13.1. The fourth-order valence-electron chi connectivity index (χ4n) is 4.05. The molecule has 2 aromatic carbocycles. The molecule has 3 rings (SSSR count). The lowest BCUT2D eigenvalue weighted by molar-refractivity contribution is -0.131. The Kier molecular flexibility index (Phi) is 8.51. The monoisotopic (exact) mass is 466 g/mol. The van der Waals surface area contributed by atoms with Crippen LogP contribution in [0, 0.1) is 0 Å². The van der Waals surface area contributed by atoms with Crippen LogP contribution in [-0.2, 0) is 11.3 Å². The minimum absolute atomic E-state index is 0.0477. The molecule has 0 fully saturated rings. The number of amides is 2. The van der Waals surface area contributed by atoms with Crippen molar-refractivity contribution in [3.05, 3.63) is 53.9 Å². The van der Waals surface area contributed by atoms with E-state index in [4.69, 9.17) is 14.5 Å². The summed E-state index contributed by atoms with van der Waals surface area (Å²) in [6.45, 7) is 7.63. The van der Waals surface area contributed by atoms with Gasteiger partial charge in [-0.3, -0.25) is 9.59 Å². The van der Waals surface area contributed by atoms with Gasteiger partial charge in [0.1, 0.15) is 12.4 Å². The zero-order valence-electron chi connectivity index (χ0n) is 20.6. The largest absolute Gasteiger partial charge is 0.493 e. The standard InChI is InChI=1S/C26H34N4O4/c1-6-14-29(15-7-2)24(31)17-30-21-11-9-8-10-20(21)28-25(30)18(3)27-26(32)19-12-13-22(33-4)23(16-19)34-5/h8-13,16,18H,6-7,14-15,17H2,1-5H3,(H,27,32). The number of carbonyl (C=O) groups excluding carboxylic acids is 2. The van der Waals surface area contributed by atoms with Gasteiger partial charge in [0, 0.05) is 18.7 Å². The molecule has 3 aromatic rings. The Balaban J connectivity index is 1.88. The highest BCUT2D eigenvalue weighted by molar-refractivity contribution is 5.95. The molecule has 1 N–H and O–H groups in total. The van der Waals surface area contributed by atoms with E-state index in [1.807, 2.05) is 40.7 Å². The lowest BCUT2D eigenvalue weighted by Gasteiger charge is -2.23. The average Bonchev–Trinajstić information content (AvgIpc) is 3.21. The van der Waals surface area contributed by atoms with Crippen molar-refractivity contribution in [3.63, 3.8) is 0 Å². The van der Waals surface area contributed by atoms with Crippen molar-refractivity contribution in [2.45, 2.75) is 46.2 Å². The van der Waals surface area contributed by atoms with Crippen molar-refractivity contribution in [1.82, 2.24) is 19.8 Å². The molecule has 182 valence electrons. The highest BCUT2D eigenvalue weighted by Crippen LogP contribution is 2.28. The third kappa shape index (κ3) is 5.50. The first-order chi connectivity index (χ1) is 16.4. The second-order valence-electron chi connectivity index (χ2n) is 8.19. The summed E-state index contributed by atoms with van der Waals surface area (Å²) in [5.41, 5.74) is 2.10. The zero-order valence-corrected chi connectivity index (χ0v) is 20.6. The molecule has 0 saturated carbocycles. The molecule has 1 aromatic heterocycles. The molecule has 8 heteroatoms. The molecular formula is C26H34N4O4. The minimum atomic E-state index is -0.424. The molecule has 1 heterocycles. The Labute approximate surface area is 200 Å². The number of hydrogen-bond donors (Lipinski definition) is 1. The van der Waals surface area contributed by atoms with Crippen LogP contribution in [0.5, 0.6) is 11.5 Å². The normalized spacial score (nSPS) is 11.8. The number of ether oxygens (including phenoxy) is 2. The maximum absolute atomic E-state index is 13.1. The fraction of sp³-hybridized carbons (Fsp3) is 0.423. The number of nitrogens with zero attached hydrogens (tertiary/aromatic N) is 3. The van der Waals surface area contributed by atoms with Gasteiger partial charge in [0.2, 0.25) is 5.91 Å². The van der Waals surface area contributed by atoms with E-state index in [-0.39, 0.29) is 18.4 Å². The molecule has 0 saturated heterocycles. The summed E-state index contributed by atoms with van der Waals surface area (Å²) in [5, 5.41) is 3.01. The van der Waals surface area contributed by atoms with Gasteiger partial charge in [-0.15, -0.1) is 0 Å². The van der Waals surface area contributed by atoms with Crippen molar-refractivity contribution in [2.75, 3.05) is 27.3 Å². The molecule has 0 aliphatic rings. The molecule has 1 atom stereocenters. The van der Waals surface area contributed by atoms with Crippen LogP contribution in [0.4, 0.5) is 0 Å². The molecule has 34 heavy (non-hydrogen) atoms. The van der Waals surface area contributed by atoms with E-state index in [9.17, 15) is 9.59 Å². The van der Waals surface area contributed by atoms with E-state index in [1.54, 1.807) is 25.3 Å². The van der Waals surface area contributed by atoms with Gasteiger partial charge in [-0.1, -0.05) is 26.0 Å². The summed E-state index contributed by atoms with van der Waals surface area (Å²) >= 11 is 0. The van der Waals surface area contributed by atoms with Crippen molar-refractivity contribution in [1.29, 1.82) is 0 Å². The topological polar surface area (TPSA) is 85.7 Å². The summed E-state index contributed by atoms with van der Waals surface area (Å²) in [5.74, 6) is 1.45. The number of aromatic nitrogens is 2. The van der Waals surface area contributed by atoms with E-state index in [2.05, 4.69) is 19.2 Å². The summed E-state index contributed by atoms with van der Waals surface area (Å²) in [7, 11) is 3.08. The number of nitrogens with one attached hydrogen (secondary N) is 1. The maximum Gasteiger partial charge on any atom is 0.251 e. The fourth-order valence-corrected chi connectivity index (χ4v) is 4.05. The summed E-state index contributed by atoms with van der Waals surface area (Å²) in [6.07, 6.45) is 1.81. The van der Waals surface area contributed by atoms with Crippen LogP contribution >= 0.6 is 0 Å². The van der Waals surface area contributed by atoms with Gasteiger partial charge in [0.25, 0.3) is 5.91 Å². The van der Waals surface area contributed by atoms with Gasteiger partial charge in [0.05, 0.1) is 31.3 Å². The summed E-state index contributed by atoms with van der Waals surface area (Å²) in [4.78, 5) is 32.8. The van der Waals surface area contributed by atoms with Crippen LogP contribution in [0.15, 0.2) is 42.5 Å². The number of imidazole rings is 1. The van der Waals surface area contributed by atoms with Crippen molar-refractivity contribution >= 4 is 22.8 Å². The van der Waals surface area contributed by atoms with Crippen LogP contribution < -0.4 is 14.8 Å². The van der Waals surface area contributed by atoms with Crippen LogP contribution in [0.1, 0.15) is 55.8 Å². The summed E-state index contributed by atoms with van der Waals surface area (Å²) in [6, 6.07) is 12.3. The third-order valence-corrected chi connectivity index (χ3v) is 5.70. The van der Waals surface area contributed by atoms with E-state index in [0.29, 0.717) is 22.9 Å². The van der Waals surface area contributed by atoms with Gasteiger partial charge in [-0.25, -0.2) is 4.98 Å². The lowest BCUT2D eigenvalue weighted by Crippen LogP contribution is -2.36. The predicted molar refractivity (Wildman–Crippen MR) is 132 cm³/mol. The molecule has 0 aliphatic carbocycles. The third-order valence-electron chi connectivity index (χ3n) is 5.70. The quantitative estimate of drug-likeness (QED) is 0.458. The number of carbonyl (C=O) groups is 2. The SMILES string of the molecule is CCCN(CCC)C(=O)Cn1c(C(C)NC(=O)c2ccc(OC)c(OC)c2)nc2ccccc21. The molecule has 0 spiro atoms. The van der Waals surface area contributed by atoms with Crippen LogP contribution in [0.2, 0.25) is 0 Å². The Morgan fingerprint density at radius 2 is 1.71 bits per heavy atom. The van der Waals surface area contributed by atoms with Crippen LogP contribution in [0.25, 0.3) is 11.0 Å². The first-order valence-electron chi connectivity index (χ1n) is 11.7. The Morgan fingerprint density at radius 3 is 2.35 bits per heavy atom. The molecule has 1 unspecified atom stereocenters. The van der Waals surface area contributed by atoms with Crippen LogP contribution in [0.3, 0.4) is 0 Å². The molecular weight excluding hydrogens is 432 g/mol. The van der Waals surface area contributed by atoms with E-state index < -0.39 is 6.04 Å². The Morgan fingerprint density at radius 1 is 1.03 bits per heavy atom. The highest BCUT2D eigenvalue weighted by atomic mass is 16.5. The van der Waals surface area contributed by atoms with Gasteiger partial charge in [-0.05, 0) is 50.1 Å². The van der Waals surface area contributed by atoms with Gasteiger partial charge in [0.15, 0.2) is 11.5 Å². The molecule has 8 nitrogen and oxygen atoms in total. The van der Waals surface area contributed by atoms with Gasteiger partial charge >= 0.3 is 0 Å². The second-order valence-corrected chi connectivity index (χ2v) is 8.19. The highest BCUT2D eigenvalue weighted by Gasteiger charge is 2.22. The molecule has 0 radical (unpaired) electrons. The average molecular weight is 467 g/mol. The van der Waals surface area contributed by atoms with Crippen molar-refractivity contribution in [2.24, 2.45) is 0 Å². The number of rotatable bonds is 11. The number of fused-ring (bicyclic) bond motifs is 1. The molecule has 2 amide bonds. The number of para-hydroxylation sites is 2. The lowest BCUT2D eigenvalue weighted by atomic mass is 10.1. The van der Waals surface area contributed by atoms with Gasteiger partial charge < -0.3 is 24.3 Å². The summed E-state index contributed by atoms with van der Waals surface area (Å²) < 4.78 is 12.5. The van der Waals surface area contributed by atoms with E-state index in [1.165, 1.54) is 7.11 Å². The van der Waals surface area contributed by atoms with Crippen molar-refractivity contribution < 1.29 is 19.1 Å².